The van der Waals surface area contributed by atoms with E-state index in [-0.39, 0.29) is 0 Å². The van der Waals surface area contributed by atoms with Gasteiger partial charge in [0, 0.05) is 14.2 Å². The molecule has 0 bridgehead atoms. The molecule has 0 spiro atoms. The molecular weight excluding hydrogens is 223 g/mol. The third kappa shape index (κ3) is 15.7. The Hall–Kier alpha value is -0.760. The van der Waals surface area contributed by atoms with Crippen LogP contribution in [0.2, 0.25) is 0 Å². The van der Waals surface area contributed by atoms with Crippen LogP contribution in [-0.4, -0.2) is 19.1 Å². The molecule has 0 saturated carbocycles. The number of rotatable bonds is 3. The van der Waals surface area contributed by atoms with Crippen LogP contribution < -0.4 is 0 Å². The van der Waals surface area contributed by atoms with Gasteiger partial charge in [-0.15, -0.1) is 0 Å². The summed E-state index contributed by atoms with van der Waals surface area (Å²) < 4.78 is 12.8. The predicted octanol–water partition coefficient (Wildman–Crippen LogP) is 3.21. The summed E-state index contributed by atoms with van der Waals surface area (Å²) in [6.07, 6.45) is 3.83. The van der Waals surface area contributed by atoms with Gasteiger partial charge in [-0.2, -0.15) is 4.89 Å². The number of aryl methyl sites for hydroxylation is 1. The fourth-order valence-electron chi connectivity index (χ4n) is 1.03. The predicted molar refractivity (Wildman–Crippen MR) is 69.2 cm³/mol. The van der Waals surface area contributed by atoms with Crippen LogP contribution in [0.3, 0.4) is 0 Å². The third-order valence-electron chi connectivity index (χ3n) is 1.66. The van der Waals surface area contributed by atoms with Gasteiger partial charge in [0.15, 0.2) is 0 Å². The van der Waals surface area contributed by atoms with Crippen LogP contribution in [0, 0.1) is 0 Å². The largest absolute Gasteiger partial charge is 0.491 e. The van der Waals surface area contributed by atoms with E-state index in [1.54, 1.807) is 14.2 Å². The monoisotopic (exact) mass is 245 g/mol. The van der Waals surface area contributed by atoms with Crippen molar-refractivity contribution in [3.05, 3.63) is 35.9 Å². The molecule has 1 aromatic rings. The molecule has 0 fully saturated rings. The van der Waals surface area contributed by atoms with Gasteiger partial charge in [0.05, 0.1) is 0 Å². The van der Waals surface area contributed by atoms with Gasteiger partial charge in [0.1, 0.15) is 0 Å². The summed E-state index contributed by atoms with van der Waals surface area (Å²) in [5.74, 6) is 0. The van der Waals surface area contributed by atoms with Crippen LogP contribution in [0.1, 0.15) is 25.3 Å². The molecule has 0 saturated heterocycles. The Morgan fingerprint density at radius 2 is 1.69 bits per heavy atom. The van der Waals surface area contributed by atoms with Gasteiger partial charge < -0.3 is 4.74 Å². The number of hydrogen-bond donors (Lipinski definition) is 1. The first-order chi connectivity index (χ1) is 7.76. The summed E-state index contributed by atoms with van der Waals surface area (Å²) in [5, 5.41) is 0. The molecule has 92 valence electrons. The SMILES string of the molecule is CCCCc1ccccc1.COC.O=[PH+]O. The number of ether oxygens (including phenoxy) is 1. The number of benzene rings is 1. The zero-order valence-electron chi connectivity index (χ0n) is 10.3. The first kappa shape index (κ1) is 17.6. The van der Waals surface area contributed by atoms with Crippen molar-refractivity contribution < 1.29 is 14.2 Å². The van der Waals surface area contributed by atoms with Crippen molar-refractivity contribution in [3.8, 4) is 0 Å². The average Bonchev–Trinajstić information content (AvgIpc) is 2.30. The molecule has 1 aromatic carbocycles. The molecule has 0 aromatic heterocycles. The maximum absolute atomic E-state index is 8.51. The Balaban J connectivity index is 0. The summed E-state index contributed by atoms with van der Waals surface area (Å²) in [7, 11) is 2.08. The van der Waals surface area contributed by atoms with Crippen molar-refractivity contribution in [2.24, 2.45) is 0 Å². The summed E-state index contributed by atoms with van der Waals surface area (Å²) in [5.41, 5.74) is 1.46. The summed E-state index contributed by atoms with van der Waals surface area (Å²) in [6.45, 7) is 2.23. The number of unbranched alkanes of at least 4 members (excludes halogenated alkanes) is 1. The number of hydrogen-bond acceptors (Lipinski definition) is 2. The molecule has 1 N–H and O–H groups in total. The smallest absolute Gasteiger partial charge is 0.388 e. The van der Waals surface area contributed by atoms with Gasteiger partial charge >= 0.3 is 8.69 Å². The molecule has 0 amide bonds. The molecule has 3 nitrogen and oxygen atoms in total. The Labute approximate surface area is 99.7 Å². The lowest BCUT2D eigenvalue weighted by Gasteiger charge is -1.96. The van der Waals surface area contributed by atoms with Crippen LogP contribution in [-0.2, 0) is 15.7 Å². The zero-order valence-corrected chi connectivity index (χ0v) is 11.3. The summed E-state index contributed by atoms with van der Waals surface area (Å²) in [4.78, 5) is 7.04. The van der Waals surface area contributed by atoms with E-state index in [9.17, 15) is 0 Å². The van der Waals surface area contributed by atoms with Gasteiger partial charge in [-0.1, -0.05) is 43.7 Å². The van der Waals surface area contributed by atoms with Crippen molar-refractivity contribution in [3.63, 3.8) is 0 Å². The van der Waals surface area contributed by atoms with Gasteiger partial charge in [-0.3, -0.25) is 0 Å². The normalized spacial score (nSPS) is 8.50. The van der Waals surface area contributed by atoms with Crippen molar-refractivity contribution in [2.45, 2.75) is 26.2 Å². The van der Waals surface area contributed by atoms with Crippen LogP contribution in [0.5, 0.6) is 0 Å². The molecule has 1 atom stereocenters. The van der Waals surface area contributed by atoms with E-state index in [0.717, 1.165) is 0 Å². The molecule has 1 unspecified atom stereocenters. The highest BCUT2D eigenvalue weighted by Crippen LogP contribution is 2.03. The minimum absolute atomic E-state index is 1.17. The Morgan fingerprint density at radius 3 is 2.06 bits per heavy atom. The first-order valence-corrected chi connectivity index (χ1v) is 6.07. The van der Waals surface area contributed by atoms with E-state index in [2.05, 4.69) is 42.0 Å². The minimum Gasteiger partial charge on any atom is -0.388 e. The third-order valence-corrected chi connectivity index (χ3v) is 1.66. The van der Waals surface area contributed by atoms with E-state index in [1.807, 2.05) is 0 Å². The van der Waals surface area contributed by atoms with E-state index in [4.69, 9.17) is 9.46 Å². The van der Waals surface area contributed by atoms with E-state index in [1.165, 1.54) is 24.8 Å². The quantitative estimate of drug-likeness (QED) is 0.832. The van der Waals surface area contributed by atoms with E-state index in [0.29, 0.717) is 0 Å². The van der Waals surface area contributed by atoms with Crippen LogP contribution in [0.15, 0.2) is 30.3 Å². The lowest BCUT2D eigenvalue weighted by molar-refractivity contribution is 0.277. The highest BCUT2D eigenvalue weighted by atomic mass is 31.1. The standard InChI is InChI=1S/C10H14.C2H6O.HO2P/c1-2-3-7-10-8-5-4-6-9-10;2*1-3-2/h4-6,8-9H,2-3,7H2,1H3;1-2H3;3H/p+1. The molecule has 16 heavy (non-hydrogen) atoms. The van der Waals surface area contributed by atoms with Crippen molar-refractivity contribution in [2.75, 3.05) is 14.2 Å². The van der Waals surface area contributed by atoms with Gasteiger partial charge in [0.2, 0.25) is 0 Å². The molecule has 0 aliphatic rings. The Bertz CT molecular complexity index is 227. The maximum Gasteiger partial charge on any atom is 0.491 e. The fraction of sp³-hybridized carbons (Fsp3) is 0.500. The second kappa shape index (κ2) is 16.7. The molecule has 0 heterocycles. The van der Waals surface area contributed by atoms with Crippen molar-refractivity contribution in [1.29, 1.82) is 0 Å². The highest BCUT2D eigenvalue weighted by molar-refractivity contribution is 7.16. The van der Waals surface area contributed by atoms with E-state index < -0.39 is 8.69 Å². The van der Waals surface area contributed by atoms with E-state index >= 15 is 0 Å². The summed E-state index contributed by atoms with van der Waals surface area (Å²) >= 11 is 0. The second-order valence-electron chi connectivity index (χ2n) is 3.09. The van der Waals surface area contributed by atoms with Crippen LogP contribution in [0.4, 0.5) is 0 Å². The lowest BCUT2D eigenvalue weighted by atomic mass is 10.1. The van der Waals surface area contributed by atoms with Crippen molar-refractivity contribution in [1.82, 2.24) is 0 Å². The topological polar surface area (TPSA) is 46.5 Å². The van der Waals surface area contributed by atoms with Crippen LogP contribution >= 0.6 is 8.69 Å². The summed E-state index contributed by atoms with van der Waals surface area (Å²) in [6, 6.07) is 10.6. The second-order valence-corrected chi connectivity index (χ2v) is 3.27. The number of methoxy groups -OCH3 is 1. The first-order valence-electron chi connectivity index (χ1n) is 5.22. The molecule has 0 radical (unpaired) electrons. The Morgan fingerprint density at radius 1 is 1.25 bits per heavy atom. The highest BCUT2D eigenvalue weighted by Gasteiger charge is 1.87. The molecule has 0 aliphatic carbocycles. The minimum atomic E-state index is -1.17. The molecule has 0 aliphatic heterocycles. The lowest BCUT2D eigenvalue weighted by Crippen LogP contribution is -1.81. The van der Waals surface area contributed by atoms with Gasteiger partial charge in [0.25, 0.3) is 0 Å². The molecule has 4 heteroatoms. The Kier molecular flexibility index (Phi) is 18.4. The zero-order chi connectivity index (χ0) is 12.6. The maximum atomic E-state index is 8.51. The average molecular weight is 245 g/mol. The fourth-order valence-corrected chi connectivity index (χ4v) is 1.03. The van der Waals surface area contributed by atoms with Crippen LogP contribution in [0.25, 0.3) is 0 Å². The molecular formula is C12H22O3P+. The van der Waals surface area contributed by atoms with Gasteiger partial charge in [-0.05, 0) is 23.0 Å². The van der Waals surface area contributed by atoms with Gasteiger partial charge in [-0.25, -0.2) is 0 Å². The van der Waals surface area contributed by atoms with Crippen molar-refractivity contribution >= 4 is 8.69 Å². The molecule has 1 rings (SSSR count).